The highest BCUT2D eigenvalue weighted by Crippen LogP contribution is 2.31. The Morgan fingerprint density at radius 1 is 1.16 bits per heavy atom. The second-order valence-corrected chi connectivity index (χ2v) is 8.97. The third kappa shape index (κ3) is 5.32. The number of rotatable bonds is 8. The zero-order valence-electron chi connectivity index (χ0n) is 17.2. The number of ether oxygens (including phenoxy) is 2. The van der Waals surface area contributed by atoms with Gasteiger partial charge in [0.2, 0.25) is 15.8 Å². The number of anilines is 1. The predicted molar refractivity (Wildman–Crippen MR) is 113 cm³/mol. The molecule has 1 aliphatic heterocycles. The molecule has 1 N–H and O–H groups in total. The van der Waals surface area contributed by atoms with Gasteiger partial charge in [0.1, 0.15) is 11.6 Å². The van der Waals surface area contributed by atoms with Gasteiger partial charge in [0, 0.05) is 25.2 Å². The molecule has 0 radical (unpaired) electrons. The Morgan fingerprint density at radius 3 is 2.53 bits per heavy atom. The predicted octanol–water partition coefficient (Wildman–Crippen LogP) is 2.93. The van der Waals surface area contributed by atoms with E-state index >= 15 is 0 Å². The van der Waals surface area contributed by atoms with E-state index in [-0.39, 0.29) is 16.3 Å². The molecule has 1 amide bonds. The number of hydrogen-bond acceptors (Lipinski definition) is 7. The largest absolute Gasteiger partial charge is 0.495 e. The molecule has 12 heteroatoms. The number of benzene rings is 2. The third-order valence-electron chi connectivity index (χ3n) is 4.88. The summed E-state index contributed by atoms with van der Waals surface area (Å²) >= 11 is 0. The van der Waals surface area contributed by atoms with E-state index in [0.717, 1.165) is 37.5 Å². The minimum absolute atomic E-state index is 0.00260. The molecule has 172 valence electrons. The van der Waals surface area contributed by atoms with Gasteiger partial charge in [-0.2, -0.15) is 4.31 Å². The van der Waals surface area contributed by atoms with Crippen molar-refractivity contribution in [1.82, 2.24) is 4.31 Å². The first kappa shape index (κ1) is 23.4. The van der Waals surface area contributed by atoms with Gasteiger partial charge in [-0.1, -0.05) is 6.42 Å². The Labute approximate surface area is 184 Å². The van der Waals surface area contributed by atoms with E-state index in [1.807, 2.05) is 0 Å². The number of amides is 1. The summed E-state index contributed by atoms with van der Waals surface area (Å²) in [5.41, 5.74) is -0.403. The number of nitro groups is 1. The normalized spacial score (nSPS) is 14.6. The molecule has 0 spiro atoms. The van der Waals surface area contributed by atoms with Crippen LogP contribution in [0.5, 0.6) is 11.5 Å². The molecule has 0 saturated carbocycles. The van der Waals surface area contributed by atoms with Crippen molar-refractivity contribution in [2.24, 2.45) is 0 Å². The first-order chi connectivity index (χ1) is 15.2. The van der Waals surface area contributed by atoms with Crippen LogP contribution in [0.25, 0.3) is 0 Å². The molecule has 10 nitrogen and oxygen atoms in total. The summed E-state index contributed by atoms with van der Waals surface area (Å²) in [5.74, 6) is -1.69. The van der Waals surface area contributed by atoms with E-state index in [2.05, 4.69) is 5.32 Å². The lowest BCUT2D eigenvalue weighted by molar-refractivity contribution is -0.385. The molecule has 0 aliphatic carbocycles. The fourth-order valence-corrected chi connectivity index (χ4v) is 4.83. The number of nitro benzene ring substituents is 1. The van der Waals surface area contributed by atoms with Gasteiger partial charge in [0.15, 0.2) is 6.61 Å². The van der Waals surface area contributed by atoms with Gasteiger partial charge < -0.3 is 14.8 Å². The van der Waals surface area contributed by atoms with E-state index in [4.69, 9.17) is 9.47 Å². The van der Waals surface area contributed by atoms with Crippen LogP contribution < -0.4 is 14.8 Å². The third-order valence-corrected chi connectivity index (χ3v) is 6.77. The number of halogens is 1. The topological polar surface area (TPSA) is 128 Å². The van der Waals surface area contributed by atoms with Gasteiger partial charge in [0.05, 0.1) is 22.6 Å². The van der Waals surface area contributed by atoms with Gasteiger partial charge in [-0.15, -0.1) is 0 Å². The second-order valence-electron chi connectivity index (χ2n) is 7.03. The molecule has 0 aromatic heterocycles. The number of methoxy groups -OCH3 is 1. The van der Waals surface area contributed by atoms with Crippen LogP contribution in [-0.2, 0) is 14.8 Å². The lowest BCUT2D eigenvalue weighted by Crippen LogP contribution is -2.35. The highest BCUT2D eigenvalue weighted by Gasteiger charge is 2.27. The number of sulfonamides is 1. The van der Waals surface area contributed by atoms with E-state index in [1.54, 1.807) is 0 Å². The minimum Gasteiger partial charge on any atom is -0.495 e. The van der Waals surface area contributed by atoms with Crippen LogP contribution in [0, 0.1) is 15.9 Å². The molecule has 1 saturated heterocycles. The lowest BCUT2D eigenvalue weighted by Gasteiger charge is -2.26. The minimum atomic E-state index is -3.74. The molecule has 1 heterocycles. The number of hydrogen-bond donors (Lipinski definition) is 1. The van der Waals surface area contributed by atoms with Crippen LogP contribution in [0.15, 0.2) is 41.3 Å². The fourth-order valence-electron chi connectivity index (χ4n) is 3.28. The van der Waals surface area contributed by atoms with E-state index in [0.29, 0.717) is 13.1 Å². The quantitative estimate of drug-likeness (QED) is 0.467. The molecular formula is C20H22FN3O7S. The van der Waals surface area contributed by atoms with Crippen molar-refractivity contribution in [2.45, 2.75) is 24.2 Å². The van der Waals surface area contributed by atoms with Crippen molar-refractivity contribution in [3.8, 4) is 11.5 Å². The summed E-state index contributed by atoms with van der Waals surface area (Å²) < 4.78 is 50.9. The number of carbonyl (C=O) groups excluding carboxylic acids is 1. The Bertz CT molecular complexity index is 1120. The first-order valence-electron chi connectivity index (χ1n) is 9.77. The number of piperidine rings is 1. The van der Waals surface area contributed by atoms with Crippen LogP contribution in [0.3, 0.4) is 0 Å². The highest BCUT2D eigenvalue weighted by atomic mass is 32.2. The van der Waals surface area contributed by atoms with E-state index in [9.17, 15) is 27.7 Å². The molecule has 0 bridgehead atoms. The second kappa shape index (κ2) is 9.92. The maximum Gasteiger partial charge on any atom is 0.311 e. The molecule has 1 aliphatic rings. The van der Waals surface area contributed by atoms with Gasteiger partial charge in [0.25, 0.3) is 5.91 Å². The van der Waals surface area contributed by atoms with Crippen LogP contribution in [0.4, 0.5) is 15.8 Å². The monoisotopic (exact) mass is 467 g/mol. The van der Waals surface area contributed by atoms with Crippen LogP contribution >= 0.6 is 0 Å². The van der Waals surface area contributed by atoms with Crippen LogP contribution in [0.1, 0.15) is 19.3 Å². The maximum atomic E-state index is 13.4. The van der Waals surface area contributed by atoms with Crippen molar-refractivity contribution >= 4 is 27.3 Å². The highest BCUT2D eigenvalue weighted by molar-refractivity contribution is 7.89. The van der Waals surface area contributed by atoms with Crippen molar-refractivity contribution in [1.29, 1.82) is 0 Å². The molecule has 2 aromatic carbocycles. The summed E-state index contributed by atoms with van der Waals surface area (Å²) in [4.78, 5) is 22.6. The smallest absolute Gasteiger partial charge is 0.311 e. The zero-order valence-corrected chi connectivity index (χ0v) is 18.1. The summed E-state index contributed by atoms with van der Waals surface area (Å²) in [6.45, 7) is 0.184. The van der Waals surface area contributed by atoms with Gasteiger partial charge in [-0.25, -0.2) is 12.8 Å². The standard InChI is InChI=1S/C20H22FN3O7S/c1-30-18-8-6-15(32(28,29)23-9-3-2-4-10-23)12-16(18)22-20(25)13-31-19-11-14(21)5-7-17(19)24(26)27/h5-8,11-12H,2-4,9-10,13H2,1H3,(H,22,25). The summed E-state index contributed by atoms with van der Waals surface area (Å²) in [5, 5.41) is 13.5. The Balaban J connectivity index is 1.76. The summed E-state index contributed by atoms with van der Waals surface area (Å²) in [6, 6.07) is 6.74. The molecule has 0 atom stereocenters. The van der Waals surface area contributed by atoms with Crippen molar-refractivity contribution in [3.63, 3.8) is 0 Å². The van der Waals surface area contributed by atoms with Gasteiger partial charge in [-0.05, 0) is 37.1 Å². The zero-order chi connectivity index (χ0) is 23.3. The molecule has 0 unspecified atom stereocenters. The summed E-state index contributed by atoms with van der Waals surface area (Å²) in [6.07, 6.45) is 2.53. The SMILES string of the molecule is COc1ccc(S(=O)(=O)N2CCCCC2)cc1NC(=O)COc1cc(F)ccc1[N+](=O)[O-]. The fraction of sp³-hybridized carbons (Fsp3) is 0.350. The molecule has 1 fully saturated rings. The van der Waals surface area contributed by atoms with Gasteiger partial charge in [-0.3, -0.25) is 14.9 Å². The molecule has 32 heavy (non-hydrogen) atoms. The number of nitrogens with one attached hydrogen (secondary N) is 1. The lowest BCUT2D eigenvalue weighted by atomic mass is 10.2. The van der Waals surface area contributed by atoms with Crippen molar-refractivity contribution < 1.29 is 32.0 Å². The summed E-state index contributed by atoms with van der Waals surface area (Å²) in [7, 11) is -2.38. The number of carbonyl (C=O) groups is 1. The molecule has 2 aromatic rings. The molecular weight excluding hydrogens is 445 g/mol. The average molecular weight is 467 g/mol. The average Bonchev–Trinajstić information content (AvgIpc) is 2.78. The molecule has 3 rings (SSSR count). The Hall–Kier alpha value is -3.25. The maximum absolute atomic E-state index is 13.4. The van der Waals surface area contributed by atoms with Crippen LogP contribution in [-0.4, -0.2) is 50.4 Å². The van der Waals surface area contributed by atoms with Crippen LogP contribution in [0.2, 0.25) is 0 Å². The van der Waals surface area contributed by atoms with E-state index in [1.165, 1.54) is 29.6 Å². The van der Waals surface area contributed by atoms with Crippen molar-refractivity contribution in [3.05, 3.63) is 52.3 Å². The Morgan fingerprint density at radius 2 is 1.88 bits per heavy atom. The van der Waals surface area contributed by atoms with E-state index < -0.39 is 44.7 Å². The first-order valence-corrected chi connectivity index (χ1v) is 11.2. The Kier molecular flexibility index (Phi) is 7.26. The number of nitrogens with zero attached hydrogens (tertiary/aromatic N) is 2. The van der Waals surface area contributed by atoms with Crippen molar-refractivity contribution in [2.75, 3.05) is 32.1 Å². The van der Waals surface area contributed by atoms with Gasteiger partial charge >= 0.3 is 5.69 Å².